The second-order valence-corrected chi connectivity index (χ2v) is 6.14. The first-order valence-corrected chi connectivity index (χ1v) is 7.99. The molecule has 1 aliphatic heterocycles. The lowest BCUT2D eigenvalue weighted by molar-refractivity contribution is -0.131. The monoisotopic (exact) mass is 298 g/mol. The third-order valence-electron chi connectivity index (χ3n) is 3.09. The Balaban J connectivity index is 1.63. The lowest BCUT2D eigenvalue weighted by atomic mass is 10.2. The van der Waals surface area contributed by atoms with E-state index >= 15 is 0 Å². The van der Waals surface area contributed by atoms with Crippen molar-refractivity contribution >= 4 is 29.3 Å². The molecule has 19 heavy (non-hydrogen) atoms. The van der Waals surface area contributed by atoms with E-state index in [2.05, 4.69) is 5.32 Å². The van der Waals surface area contributed by atoms with Crippen LogP contribution in [-0.4, -0.2) is 42.7 Å². The van der Waals surface area contributed by atoms with Gasteiger partial charge in [0, 0.05) is 42.5 Å². The molecule has 1 saturated heterocycles. The fourth-order valence-corrected chi connectivity index (χ4v) is 3.00. The van der Waals surface area contributed by atoms with E-state index in [-0.39, 0.29) is 0 Å². The Morgan fingerprint density at radius 1 is 1.26 bits per heavy atom. The van der Waals surface area contributed by atoms with Crippen LogP contribution in [0, 0.1) is 0 Å². The van der Waals surface area contributed by atoms with Crippen LogP contribution in [0.25, 0.3) is 0 Å². The lowest BCUT2D eigenvalue weighted by Crippen LogP contribution is -2.46. The number of benzene rings is 1. The van der Waals surface area contributed by atoms with Crippen LogP contribution >= 0.6 is 23.4 Å². The first kappa shape index (κ1) is 14.7. The van der Waals surface area contributed by atoms with Crippen molar-refractivity contribution in [3.63, 3.8) is 0 Å². The first-order valence-electron chi connectivity index (χ1n) is 6.62. The van der Waals surface area contributed by atoms with Crippen LogP contribution in [0.15, 0.2) is 29.2 Å². The van der Waals surface area contributed by atoms with Crippen LogP contribution < -0.4 is 5.32 Å². The Labute approximate surface area is 123 Å². The molecule has 0 unspecified atom stereocenters. The van der Waals surface area contributed by atoms with E-state index in [9.17, 15) is 4.79 Å². The van der Waals surface area contributed by atoms with Crippen molar-refractivity contribution in [3.05, 3.63) is 29.3 Å². The summed E-state index contributed by atoms with van der Waals surface area (Å²) in [6.45, 7) is 3.54. The molecular formula is C14H19ClN2OS. The van der Waals surface area contributed by atoms with E-state index in [1.807, 2.05) is 29.2 Å². The predicted molar refractivity (Wildman–Crippen MR) is 80.9 cm³/mol. The summed E-state index contributed by atoms with van der Waals surface area (Å²) in [7, 11) is 0. The summed E-state index contributed by atoms with van der Waals surface area (Å²) in [5, 5.41) is 4.02. The number of hydrogen-bond donors (Lipinski definition) is 1. The third kappa shape index (κ3) is 5.05. The number of halogens is 1. The summed E-state index contributed by atoms with van der Waals surface area (Å²) < 4.78 is 0. The minimum absolute atomic E-state index is 0.290. The molecule has 1 aliphatic rings. The molecule has 5 heteroatoms. The fourth-order valence-electron chi connectivity index (χ4n) is 2.02. The molecule has 0 aliphatic carbocycles. The Morgan fingerprint density at radius 2 is 1.95 bits per heavy atom. The van der Waals surface area contributed by atoms with Gasteiger partial charge in [0.05, 0.1) is 0 Å². The Hall–Kier alpha value is -0.710. The van der Waals surface area contributed by atoms with Gasteiger partial charge in [-0.1, -0.05) is 11.6 Å². The zero-order valence-corrected chi connectivity index (χ0v) is 12.5. The standard InChI is InChI=1S/C14H19ClN2OS/c15-12-3-5-13(6-4-12)19-11-1-2-14(18)17-9-7-16-8-10-17/h3-6,16H,1-2,7-11H2. The van der Waals surface area contributed by atoms with Crippen molar-refractivity contribution < 1.29 is 4.79 Å². The maximum atomic E-state index is 11.9. The molecule has 0 aromatic heterocycles. The summed E-state index contributed by atoms with van der Waals surface area (Å²) in [4.78, 5) is 15.1. The summed E-state index contributed by atoms with van der Waals surface area (Å²) >= 11 is 7.61. The number of rotatable bonds is 5. The van der Waals surface area contributed by atoms with Gasteiger partial charge < -0.3 is 10.2 Å². The summed E-state index contributed by atoms with van der Waals surface area (Å²) in [5.74, 6) is 1.26. The predicted octanol–water partition coefficient (Wildman–Crippen LogP) is 2.64. The first-order chi connectivity index (χ1) is 9.25. The van der Waals surface area contributed by atoms with Crippen LogP contribution in [0.1, 0.15) is 12.8 Å². The van der Waals surface area contributed by atoms with Gasteiger partial charge in [0.1, 0.15) is 0 Å². The SMILES string of the molecule is O=C(CCCSc1ccc(Cl)cc1)N1CCNCC1. The molecule has 0 spiro atoms. The molecule has 0 saturated carbocycles. The van der Waals surface area contributed by atoms with Gasteiger partial charge >= 0.3 is 0 Å². The highest BCUT2D eigenvalue weighted by Crippen LogP contribution is 2.21. The second kappa shape index (κ2) is 7.78. The fraction of sp³-hybridized carbons (Fsp3) is 0.500. The van der Waals surface area contributed by atoms with Crippen molar-refractivity contribution in [1.82, 2.24) is 10.2 Å². The summed E-state index contributed by atoms with van der Waals surface area (Å²) in [6.07, 6.45) is 1.58. The van der Waals surface area contributed by atoms with Gasteiger partial charge in [-0.2, -0.15) is 0 Å². The van der Waals surface area contributed by atoms with Crippen molar-refractivity contribution in [3.8, 4) is 0 Å². The average Bonchev–Trinajstić information content (AvgIpc) is 2.46. The van der Waals surface area contributed by atoms with Gasteiger partial charge in [-0.05, 0) is 36.4 Å². The van der Waals surface area contributed by atoms with Crippen molar-refractivity contribution in [2.24, 2.45) is 0 Å². The molecule has 1 amide bonds. The van der Waals surface area contributed by atoms with E-state index in [4.69, 9.17) is 11.6 Å². The highest BCUT2D eigenvalue weighted by atomic mass is 35.5. The minimum atomic E-state index is 0.290. The van der Waals surface area contributed by atoms with Crippen molar-refractivity contribution in [2.45, 2.75) is 17.7 Å². The van der Waals surface area contributed by atoms with Crippen LogP contribution in [0.4, 0.5) is 0 Å². The normalized spacial score (nSPS) is 15.5. The Kier molecular flexibility index (Phi) is 6.01. The number of nitrogens with zero attached hydrogens (tertiary/aromatic N) is 1. The minimum Gasteiger partial charge on any atom is -0.340 e. The van der Waals surface area contributed by atoms with Gasteiger partial charge in [-0.25, -0.2) is 0 Å². The van der Waals surface area contributed by atoms with Crippen LogP contribution in [0.5, 0.6) is 0 Å². The van der Waals surface area contributed by atoms with Crippen LogP contribution in [-0.2, 0) is 4.79 Å². The maximum Gasteiger partial charge on any atom is 0.222 e. The maximum absolute atomic E-state index is 11.9. The Bertz CT molecular complexity index is 404. The number of nitrogens with one attached hydrogen (secondary N) is 1. The number of amides is 1. The van der Waals surface area contributed by atoms with Gasteiger partial charge in [0.25, 0.3) is 0 Å². The molecule has 104 valence electrons. The van der Waals surface area contributed by atoms with Crippen molar-refractivity contribution in [1.29, 1.82) is 0 Å². The molecular weight excluding hydrogens is 280 g/mol. The molecule has 0 bridgehead atoms. The molecule has 2 rings (SSSR count). The molecule has 0 atom stereocenters. The molecule has 1 fully saturated rings. The molecule has 1 heterocycles. The van der Waals surface area contributed by atoms with E-state index in [0.29, 0.717) is 12.3 Å². The number of hydrogen-bond acceptors (Lipinski definition) is 3. The van der Waals surface area contributed by atoms with Gasteiger partial charge in [-0.15, -0.1) is 11.8 Å². The van der Waals surface area contributed by atoms with Gasteiger partial charge in [0.2, 0.25) is 5.91 Å². The number of piperazine rings is 1. The molecule has 1 N–H and O–H groups in total. The molecule has 1 aromatic rings. The molecule has 3 nitrogen and oxygen atoms in total. The quantitative estimate of drug-likeness (QED) is 0.670. The summed E-state index contributed by atoms with van der Waals surface area (Å²) in [6, 6.07) is 7.84. The van der Waals surface area contributed by atoms with Gasteiger partial charge in [0.15, 0.2) is 0 Å². The largest absolute Gasteiger partial charge is 0.340 e. The zero-order valence-electron chi connectivity index (χ0n) is 10.9. The average molecular weight is 299 g/mol. The topological polar surface area (TPSA) is 32.3 Å². The van der Waals surface area contributed by atoms with E-state index in [1.165, 1.54) is 4.90 Å². The smallest absolute Gasteiger partial charge is 0.222 e. The third-order valence-corrected chi connectivity index (χ3v) is 4.44. The number of carbonyl (C=O) groups is 1. The van der Waals surface area contributed by atoms with E-state index in [0.717, 1.165) is 43.4 Å². The van der Waals surface area contributed by atoms with E-state index in [1.54, 1.807) is 11.8 Å². The van der Waals surface area contributed by atoms with Gasteiger partial charge in [-0.3, -0.25) is 4.79 Å². The zero-order chi connectivity index (χ0) is 13.5. The summed E-state index contributed by atoms with van der Waals surface area (Å²) in [5.41, 5.74) is 0. The Morgan fingerprint density at radius 3 is 2.63 bits per heavy atom. The molecule has 0 radical (unpaired) electrons. The molecule has 1 aromatic carbocycles. The van der Waals surface area contributed by atoms with Crippen LogP contribution in [0.2, 0.25) is 5.02 Å². The second-order valence-electron chi connectivity index (χ2n) is 4.54. The number of carbonyl (C=O) groups excluding carboxylic acids is 1. The van der Waals surface area contributed by atoms with E-state index < -0.39 is 0 Å². The highest BCUT2D eigenvalue weighted by molar-refractivity contribution is 7.99. The lowest BCUT2D eigenvalue weighted by Gasteiger charge is -2.27. The highest BCUT2D eigenvalue weighted by Gasteiger charge is 2.15. The number of thioether (sulfide) groups is 1. The van der Waals surface area contributed by atoms with Crippen LogP contribution in [0.3, 0.4) is 0 Å². The van der Waals surface area contributed by atoms with Crippen molar-refractivity contribution in [2.75, 3.05) is 31.9 Å².